The third-order valence-electron chi connectivity index (χ3n) is 4.32. The maximum Gasteiger partial charge on any atom is 0.0580 e. The number of ether oxygens (including phenoxy) is 1. The molecule has 1 atom stereocenters. The van der Waals surface area contributed by atoms with Gasteiger partial charge < -0.3 is 10.1 Å². The Hall–Kier alpha value is -0.380. The first kappa shape index (κ1) is 17.0. The molecule has 1 aliphatic rings. The Balaban J connectivity index is 1.94. The van der Waals surface area contributed by atoms with Crippen LogP contribution in [0.2, 0.25) is 0 Å². The van der Waals surface area contributed by atoms with Crippen LogP contribution in [-0.4, -0.2) is 19.3 Å². The highest BCUT2D eigenvalue weighted by atomic mass is 32.1. The summed E-state index contributed by atoms with van der Waals surface area (Å²) in [5.41, 5.74) is 0.260. The van der Waals surface area contributed by atoms with Crippen LogP contribution in [-0.2, 0) is 10.2 Å². The molecule has 1 N–H and O–H groups in total. The molecule has 1 aromatic heterocycles. The Morgan fingerprint density at radius 2 is 2.00 bits per heavy atom. The van der Waals surface area contributed by atoms with Crippen molar-refractivity contribution < 1.29 is 4.74 Å². The quantitative estimate of drug-likeness (QED) is 0.773. The SMILES string of the molecule is CCNC(CC1CC(OCC)C1)c1ccc(C(C)(C)C)s1. The van der Waals surface area contributed by atoms with Crippen molar-refractivity contribution in [3.05, 3.63) is 21.9 Å². The first-order chi connectivity index (χ1) is 9.94. The van der Waals surface area contributed by atoms with Crippen molar-refractivity contribution in [3.8, 4) is 0 Å². The van der Waals surface area contributed by atoms with Crippen molar-refractivity contribution in [2.24, 2.45) is 5.92 Å². The zero-order chi connectivity index (χ0) is 15.5. The summed E-state index contributed by atoms with van der Waals surface area (Å²) in [7, 11) is 0. The lowest BCUT2D eigenvalue weighted by Gasteiger charge is -2.37. The van der Waals surface area contributed by atoms with Gasteiger partial charge in [0.2, 0.25) is 0 Å². The normalized spacial score (nSPS) is 23.9. The van der Waals surface area contributed by atoms with Crippen molar-refractivity contribution in [1.82, 2.24) is 5.32 Å². The van der Waals surface area contributed by atoms with E-state index in [1.165, 1.54) is 29.0 Å². The van der Waals surface area contributed by atoms with E-state index in [0.717, 1.165) is 19.1 Å². The lowest BCUT2D eigenvalue weighted by atomic mass is 9.78. The highest BCUT2D eigenvalue weighted by Crippen LogP contribution is 2.39. The van der Waals surface area contributed by atoms with Crippen LogP contribution in [0.4, 0.5) is 0 Å². The average molecular weight is 310 g/mol. The van der Waals surface area contributed by atoms with E-state index in [2.05, 4.69) is 52.1 Å². The Morgan fingerprint density at radius 3 is 2.52 bits per heavy atom. The summed E-state index contributed by atoms with van der Waals surface area (Å²) in [6.45, 7) is 13.1. The first-order valence-electron chi connectivity index (χ1n) is 8.39. The summed E-state index contributed by atoms with van der Waals surface area (Å²) in [4.78, 5) is 2.99. The summed E-state index contributed by atoms with van der Waals surface area (Å²) >= 11 is 1.98. The number of hydrogen-bond donors (Lipinski definition) is 1. The van der Waals surface area contributed by atoms with Crippen molar-refractivity contribution in [2.45, 2.75) is 71.4 Å². The number of hydrogen-bond acceptors (Lipinski definition) is 3. The molecule has 0 bridgehead atoms. The molecule has 1 aromatic rings. The monoisotopic (exact) mass is 309 g/mol. The average Bonchev–Trinajstić information content (AvgIpc) is 2.84. The van der Waals surface area contributed by atoms with Gasteiger partial charge in [-0.2, -0.15) is 0 Å². The van der Waals surface area contributed by atoms with Gasteiger partial charge in [-0.15, -0.1) is 11.3 Å². The minimum Gasteiger partial charge on any atom is -0.378 e. The van der Waals surface area contributed by atoms with Crippen LogP contribution in [0.15, 0.2) is 12.1 Å². The third-order valence-corrected chi connectivity index (χ3v) is 5.95. The molecule has 0 saturated heterocycles. The van der Waals surface area contributed by atoms with Gasteiger partial charge in [0, 0.05) is 22.4 Å². The highest BCUT2D eigenvalue weighted by Gasteiger charge is 2.32. The fraction of sp³-hybridized carbons (Fsp3) is 0.778. The Morgan fingerprint density at radius 1 is 1.29 bits per heavy atom. The second kappa shape index (κ2) is 7.26. The van der Waals surface area contributed by atoms with E-state index in [4.69, 9.17) is 4.74 Å². The van der Waals surface area contributed by atoms with E-state index < -0.39 is 0 Å². The van der Waals surface area contributed by atoms with Crippen LogP contribution in [0.25, 0.3) is 0 Å². The van der Waals surface area contributed by atoms with Crippen molar-refractivity contribution in [1.29, 1.82) is 0 Å². The molecule has 0 spiro atoms. The molecule has 1 saturated carbocycles. The van der Waals surface area contributed by atoms with Gasteiger partial charge in [-0.1, -0.05) is 27.7 Å². The largest absolute Gasteiger partial charge is 0.378 e. The Bertz CT molecular complexity index is 429. The molecule has 1 fully saturated rings. The smallest absolute Gasteiger partial charge is 0.0580 e. The third kappa shape index (κ3) is 4.54. The molecule has 2 nitrogen and oxygen atoms in total. The van der Waals surface area contributed by atoms with E-state index in [-0.39, 0.29) is 5.41 Å². The lowest BCUT2D eigenvalue weighted by Crippen LogP contribution is -2.34. The van der Waals surface area contributed by atoms with Gasteiger partial charge in [-0.05, 0) is 56.2 Å². The van der Waals surface area contributed by atoms with Crippen molar-refractivity contribution >= 4 is 11.3 Å². The topological polar surface area (TPSA) is 21.3 Å². The lowest BCUT2D eigenvalue weighted by molar-refractivity contribution is -0.0290. The molecule has 0 aromatic carbocycles. The highest BCUT2D eigenvalue weighted by molar-refractivity contribution is 7.12. The first-order valence-corrected chi connectivity index (χ1v) is 9.20. The number of rotatable bonds is 7. The van der Waals surface area contributed by atoms with Gasteiger partial charge in [0.15, 0.2) is 0 Å². The molecule has 21 heavy (non-hydrogen) atoms. The zero-order valence-electron chi connectivity index (χ0n) is 14.2. The van der Waals surface area contributed by atoms with Gasteiger partial charge in [-0.25, -0.2) is 0 Å². The van der Waals surface area contributed by atoms with E-state index in [9.17, 15) is 0 Å². The summed E-state index contributed by atoms with van der Waals surface area (Å²) < 4.78 is 5.69. The summed E-state index contributed by atoms with van der Waals surface area (Å²) in [5, 5.41) is 3.68. The summed E-state index contributed by atoms with van der Waals surface area (Å²) in [5.74, 6) is 0.825. The number of nitrogens with one attached hydrogen (secondary N) is 1. The summed E-state index contributed by atoms with van der Waals surface area (Å²) in [6.07, 6.45) is 4.26. The van der Waals surface area contributed by atoms with Crippen LogP contribution in [0.3, 0.4) is 0 Å². The van der Waals surface area contributed by atoms with Gasteiger partial charge in [0.25, 0.3) is 0 Å². The van der Waals surface area contributed by atoms with Crippen LogP contribution in [0.1, 0.15) is 69.7 Å². The second-order valence-corrected chi connectivity index (χ2v) is 8.33. The molecule has 1 heterocycles. The van der Waals surface area contributed by atoms with Gasteiger partial charge in [-0.3, -0.25) is 0 Å². The van der Waals surface area contributed by atoms with E-state index in [1.807, 2.05) is 11.3 Å². The van der Waals surface area contributed by atoms with Crippen LogP contribution in [0, 0.1) is 5.92 Å². The van der Waals surface area contributed by atoms with Gasteiger partial charge >= 0.3 is 0 Å². The fourth-order valence-corrected chi connectivity index (χ4v) is 4.22. The van der Waals surface area contributed by atoms with Crippen LogP contribution in [0.5, 0.6) is 0 Å². The number of thiophene rings is 1. The minimum absolute atomic E-state index is 0.260. The second-order valence-electron chi connectivity index (χ2n) is 7.21. The molecule has 0 amide bonds. The van der Waals surface area contributed by atoms with Gasteiger partial charge in [0.1, 0.15) is 0 Å². The van der Waals surface area contributed by atoms with Crippen LogP contribution >= 0.6 is 11.3 Å². The molecule has 0 aliphatic heterocycles. The standard InChI is InChI=1S/C18H31NOS/c1-6-19-15(12-13-10-14(11-13)20-7-2)16-8-9-17(21-16)18(3,4)5/h8-9,13-15,19H,6-7,10-12H2,1-5H3. The Labute approximate surface area is 134 Å². The molecule has 2 rings (SSSR count). The predicted molar refractivity (Wildman–Crippen MR) is 92.2 cm³/mol. The molecular formula is C18H31NOS. The van der Waals surface area contributed by atoms with Gasteiger partial charge in [0.05, 0.1) is 6.10 Å². The minimum atomic E-state index is 0.260. The fourth-order valence-electron chi connectivity index (χ4n) is 3.06. The zero-order valence-corrected chi connectivity index (χ0v) is 15.1. The molecule has 1 aliphatic carbocycles. The Kier molecular flexibility index (Phi) is 5.87. The molecule has 0 radical (unpaired) electrons. The van der Waals surface area contributed by atoms with E-state index in [1.54, 1.807) is 0 Å². The predicted octanol–water partition coefficient (Wildman–Crippen LogP) is 4.90. The molecular weight excluding hydrogens is 278 g/mol. The molecule has 120 valence electrons. The molecule has 1 unspecified atom stereocenters. The maximum absolute atomic E-state index is 5.69. The molecule has 3 heteroatoms. The maximum atomic E-state index is 5.69. The van der Waals surface area contributed by atoms with Crippen molar-refractivity contribution in [3.63, 3.8) is 0 Å². The summed E-state index contributed by atoms with van der Waals surface area (Å²) in [6, 6.07) is 5.16. The van der Waals surface area contributed by atoms with Crippen LogP contribution < -0.4 is 5.32 Å². The van der Waals surface area contributed by atoms with E-state index >= 15 is 0 Å². The van der Waals surface area contributed by atoms with Crippen molar-refractivity contribution in [2.75, 3.05) is 13.2 Å². The van der Waals surface area contributed by atoms with E-state index in [0.29, 0.717) is 12.1 Å².